The summed E-state index contributed by atoms with van der Waals surface area (Å²) in [6, 6.07) is 17.5. The van der Waals surface area contributed by atoms with Gasteiger partial charge in [-0.05, 0) is 36.1 Å². The molecule has 0 bridgehead atoms. The van der Waals surface area contributed by atoms with E-state index in [1.54, 1.807) is 18.0 Å². The molecule has 1 amide bonds. The summed E-state index contributed by atoms with van der Waals surface area (Å²) in [6.45, 7) is 0.187. The van der Waals surface area contributed by atoms with E-state index >= 15 is 0 Å². The van der Waals surface area contributed by atoms with Gasteiger partial charge >= 0.3 is 0 Å². The van der Waals surface area contributed by atoms with Crippen LogP contribution in [0.5, 0.6) is 0 Å². The number of amides is 1. The summed E-state index contributed by atoms with van der Waals surface area (Å²) in [5.41, 5.74) is 4.35. The number of anilines is 1. The Kier molecular flexibility index (Phi) is 5.84. The molecule has 4 nitrogen and oxygen atoms in total. The molecule has 0 saturated heterocycles. The molecule has 0 aliphatic rings. The zero-order chi connectivity index (χ0) is 14.9. The maximum Gasteiger partial charge on any atom is 0.259 e. The Morgan fingerprint density at radius 2 is 1.86 bits per heavy atom. The molecule has 5 heteroatoms. The molecule has 0 unspecified atom stereocenters. The lowest BCUT2D eigenvalue weighted by atomic mass is 10.2. The van der Waals surface area contributed by atoms with Crippen molar-refractivity contribution in [3.8, 4) is 0 Å². The molecule has 0 fully saturated rings. The Morgan fingerprint density at radius 1 is 1.14 bits per heavy atom. The van der Waals surface area contributed by atoms with Gasteiger partial charge in [0.2, 0.25) is 0 Å². The predicted octanol–water partition coefficient (Wildman–Crippen LogP) is 2.97. The summed E-state index contributed by atoms with van der Waals surface area (Å²) in [5.74, 6) is -0.184. The first-order chi connectivity index (χ1) is 10.3. The number of carbonyl (C=O) groups is 1. The number of rotatable bonds is 6. The lowest BCUT2D eigenvalue weighted by molar-refractivity contribution is -0.119. The van der Waals surface area contributed by atoms with Crippen molar-refractivity contribution in [1.29, 1.82) is 0 Å². The quantitative estimate of drug-likeness (QED) is 0.490. The van der Waals surface area contributed by atoms with Crippen LogP contribution in [0.4, 0.5) is 5.69 Å². The van der Waals surface area contributed by atoms with E-state index in [9.17, 15) is 4.79 Å². The Hall–Kier alpha value is -2.27. The van der Waals surface area contributed by atoms with Crippen LogP contribution in [0, 0.1) is 0 Å². The standard InChI is InChI=1S/C16H17N3OS/c1-21-15-9-7-13(8-10-15)11-18-19-16(20)12-17-14-5-3-2-4-6-14/h2-11,17H,12H2,1H3,(H,19,20)/b18-11-. The van der Waals surface area contributed by atoms with Crippen LogP contribution in [-0.4, -0.2) is 24.9 Å². The van der Waals surface area contributed by atoms with E-state index in [-0.39, 0.29) is 12.5 Å². The van der Waals surface area contributed by atoms with E-state index in [1.807, 2.05) is 60.9 Å². The second-order valence-electron chi connectivity index (χ2n) is 4.29. The molecule has 0 aromatic heterocycles. The van der Waals surface area contributed by atoms with Crippen LogP contribution in [0.3, 0.4) is 0 Å². The predicted molar refractivity (Wildman–Crippen MR) is 88.9 cm³/mol. The average Bonchev–Trinajstić information content (AvgIpc) is 2.54. The molecule has 0 spiro atoms. The lowest BCUT2D eigenvalue weighted by Gasteiger charge is -2.04. The van der Waals surface area contributed by atoms with E-state index in [4.69, 9.17) is 0 Å². The molecule has 0 aliphatic carbocycles. The molecule has 21 heavy (non-hydrogen) atoms. The molecular formula is C16H17N3OS. The summed E-state index contributed by atoms with van der Waals surface area (Å²) in [7, 11) is 0. The van der Waals surface area contributed by atoms with Gasteiger partial charge in [-0.1, -0.05) is 30.3 Å². The van der Waals surface area contributed by atoms with Crippen molar-refractivity contribution in [1.82, 2.24) is 5.43 Å². The summed E-state index contributed by atoms with van der Waals surface area (Å²) in [6.07, 6.45) is 3.66. The van der Waals surface area contributed by atoms with Gasteiger partial charge in [-0.2, -0.15) is 5.10 Å². The zero-order valence-electron chi connectivity index (χ0n) is 11.7. The molecule has 2 N–H and O–H groups in total. The third-order valence-corrected chi connectivity index (χ3v) is 3.49. The fraction of sp³-hybridized carbons (Fsp3) is 0.125. The third kappa shape index (κ3) is 5.31. The molecule has 0 heterocycles. The van der Waals surface area contributed by atoms with Crippen molar-refractivity contribution in [3.63, 3.8) is 0 Å². The lowest BCUT2D eigenvalue weighted by Crippen LogP contribution is -2.25. The Morgan fingerprint density at radius 3 is 2.52 bits per heavy atom. The monoisotopic (exact) mass is 299 g/mol. The van der Waals surface area contributed by atoms with Crippen LogP contribution in [0.15, 0.2) is 64.6 Å². The van der Waals surface area contributed by atoms with E-state index in [1.165, 1.54) is 4.90 Å². The van der Waals surface area contributed by atoms with E-state index in [0.717, 1.165) is 11.3 Å². The first-order valence-electron chi connectivity index (χ1n) is 6.53. The minimum Gasteiger partial charge on any atom is -0.376 e. The smallest absolute Gasteiger partial charge is 0.259 e. The van der Waals surface area contributed by atoms with Gasteiger partial charge in [-0.25, -0.2) is 5.43 Å². The van der Waals surface area contributed by atoms with Gasteiger partial charge in [0.1, 0.15) is 0 Å². The minimum absolute atomic E-state index is 0.184. The summed E-state index contributed by atoms with van der Waals surface area (Å²) >= 11 is 1.69. The number of thioether (sulfide) groups is 1. The number of nitrogens with zero attached hydrogens (tertiary/aromatic N) is 1. The number of para-hydroxylation sites is 1. The molecule has 0 atom stereocenters. The van der Waals surface area contributed by atoms with Crippen molar-refractivity contribution in [2.45, 2.75) is 4.90 Å². The normalized spacial score (nSPS) is 10.5. The molecule has 0 radical (unpaired) electrons. The van der Waals surface area contributed by atoms with E-state index < -0.39 is 0 Å². The molecule has 0 aliphatic heterocycles. The second-order valence-corrected chi connectivity index (χ2v) is 5.17. The van der Waals surface area contributed by atoms with Crippen LogP contribution in [0.2, 0.25) is 0 Å². The Labute approximate surface area is 128 Å². The van der Waals surface area contributed by atoms with Gasteiger partial charge in [0.25, 0.3) is 5.91 Å². The van der Waals surface area contributed by atoms with Crippen molar-refractivity contribution >= 4 is 29.6 Å². The fourth-order valence-electron chi connectivity index (χ4n) is 1.65. The average molecular weight is 299 g/mol. The molecular weight excluding hydrogens is 282 g/mol. The Bertz CT molecular complexity index is 597. The number of nitrogens with one attached hydrogen (secondary N) is 2. The highest BCUT2D eigenvalue weighted by atomic mass is 32.2. The van der Waals surface area contributed by atoms with Crippen LogP contribution >= 0.6 is 11.8 Å². The summed E-state index contributed by atoms with van der Waals surface area (Å²) in [5, 5.41) is 6.96. The largest absolute Gasteiger partial charge is 0.376 e. The minimum atomic E-state index is -0.184. The molecule has 0 saturated carbocycles. The van der Waals surface area contributed by atoms with Crippen molar-refractivity contribution in [2.24, 2.45) is 5.10 Å². The van der Waals surface area contributed by atoms with Crippen LogP contribution in [-0.2, 0) is 4.79 Å². The first-order valence-corrected chi connectivity index (χ1v) is 7.75. The second kappa shape index (κ2) is 8.11. The number of benzene rings is 2. The van der Waals surface area contributed by atoms with Crippen LogP contribution in [0.25, 0.3) is 0 Å². The maximum atomic E-state index is 11.6. The summed E-state index contributed by atoms with van der Waals surface area (Å²) < 4.78 is 0. The SMILES string of the molecule is CSc1ccc(/C=N\NC(=O)CNc2ccccc2)cc1. The highest BCUT2D eigenvalue weighted by Gasteiger charge is 1.98. The topological polar surface area (TPSA) is 53.5 Å². The highest BCUT2D eigenvalue weighted by molar-refractivity contribution is 7.98. The van der Waals surface area contributed by atoms with E-state index in [2.05, 4.69) is 15.8 Å². The van der Waals surface area contributed by atoms with Gasteiger partial charge in [0.05, 0.1) is 12.8 Å². The molecule has 2 aromatic rings. The van der Waals surface area contributed by atoms with Gasteiger partial charge in [-0.15, -0.1) is 11.8 Å². The van der Waals surface area contributed by atoms with Gasteiger partial charge in [0, 0.05) is 10.6 Å². The number of hydrogen-bond donors (Lipinski definition) is 2. The van der Waals surface area contributed by atoms with Crippen LogP contribution in [0.1, 0.15) is 5.56 Å². The van der Waals surface area contributed by atoms with Crippen molar-refractivity contribution < 1.29 is 4.79 Å². The van der Waals surface area contributed by atoms with Gasteiger partial charge in [0.15, 0.2) is 0 Å². The summed E-state index contributed by atoms with van der Waals surface area (Å²) in [4.78, 5) is 12.8. The fourth-order valence-corrected chi connectivity index (χ4v) is 2.05. The van der Waals surface area contributed by atoms with E-state index in [0.29, 0.717) is 0 Å². The molecule has 2 rings (SSSR count). The third-order valence-electron chi connectivity index (χ3n) is 2.75. The first kappa shape index (κ1) is 15.1. The number of hydrazone groups is 1. The number of carbonyl (C=O) groups excluding carboxylic acids is 1. The zero-order valence-corrected chi connectivity index (χ0v) is 12.6. The van der Waals surface area contributed by atoms with Gasteiger partial charge in [-0.3, -0.25) is 4.79 Å². The van der Waals surface area contributed by atoms with Crippen LogP contribution < -0.4 is 10.7 Å². The molecule has 2 aromatic carbocycles. The highest BCUT2D eigenvalue weighted by Crippen LogP contribution is 2.13. The molecule has 108 valence electrons. The van der Waals surface area contributed by atoms with Gasteiger partial charge < -0.3 is 5.32 Å². The van der Waals surface area contributed by atoms with Crippen molar-refractivity contribution in [2.75, 3.05) is 18.1 Å². The number of hydrogen-bond acceptors (Lipinski definition) is 4. The maximum absolute atomic E-state index is 11.6. The van der Waals surface area contributed by atoms with Crippen molar-refractivity contribution in [3.05, 3.63) is 60.2 Å². The Balaban J connectivity index is 1.76.